The van der Waals surface area contributed by atoms with Gasteiger partial charge >= 0.3 is 0 Å². The van der Waals surface area contributed by atoms with Crippen molar-refractivity contribution >= 4 is 27.4 Å². The Balaban J connectivity index is 2.26. The molecule has 0 unspecified atom stereocenters. The highest BCUT2D eigenvalue weighted by molar-refractivity contribution is 9.10. The molecule has 0 atom stereocenters. The maximum atomic E-state index is 5.81. The minimum Gasteiger partial charge on any atom is -0.381 e. The van der Waals surface area contributed by atoms with Crippen LogP contribution >= 0.6 is 15.9 Å². The summed E-state index contributed by atoms with van der Waals surface area (Å²) in [6.45, 7) is 2.88. The predicted octanol–water partition coefficient (Wildman–Crippen LogP) is 1.96. The van der Waals surface area contributed by atoms with Crippen LogP contribution in [0, 0.1) is 0 Å². The number of rotatable bonds is 2. The molecule has 0 saturated heterocycles. The van der Waals surface area contributed by atoms with E-state index in [4.69, 9.17) is 5.73 Å². The summed E-state index contributed by atoms with van der Waals surface area (Å²) in [4.78, 5) is 8.36. The van der Waals surface area contributed by atoms with Gasteiger partial charge in [0.15, 0.2) is 11.5 Å². The third-order valence-corrected chi connectivity index (χ3v) is 3.33. The quantitative estimate of drug-likeness (QED) is 0.785. The van der Waals surface area contributed by atoms with Crippen LogP contribution in [0.1, 0.15) is 6.92 Å². The fourth-order valence-electron chi connectivity index (χ4n) is 1.86. The minimum absolute atomic E-state index is 0.410. The smallest absolute Gasteiger partial charge is 0.181 e. The Labute approximate surface area is 112 Å². The number of aromatic nitrogens is 5. The molecule has 0 aliphatic rings. The van der Waals surface area contributed by atoms with Gasteiger partial charge in [0.1, 0.15) is 4.60 Å². The Morgan fingerprint density at radius 2 is 2.11 bits per heavy atom. The van der Waals surface area contributed by atoms with Gasteiger partial charge in [-0.05, 0) is 22.9 Å². The summed E-state index contributed by atoms with van der Waals surface area (Å²) in [5, 5.41) is 4.26. The van der Waals surface area contributed by atoms with Gasteiger partial charge in [0, 0.05) is 18.3 Å². The highest BCUT2D eigenvalue weighted by Gasteiger charge is 2.12. The van der Waals surface area contributed by atoms with Crippen molar-refractivity contribution in [2.24, 2.45) is 0 Å². The molecule has 0 aromatic carbocycles. The first-order valence-electron chi connectivity index (χ1n) is 5.51. The van der Waals surface area contributed by atoms with Crippen LogP contribution in [0.4, 0.5) is 5.82 Å². The fourth-order valence-corrected chi connectivity index (χ4v) is 2.32. The summed E-state index contributed by atoms with van der Waals surface area (Å²) in [5.41, 5.74) is 8.39. The normalized spacial score (nSPS) is 11.2. The molecule has 7 heteroatoms. The zero-order chi connectivity index (χ0) is 12.7. The standard InChI is InChI=1S/C11H11BrN6/c1-2-17-6-7(3-16-17)8-4-15-11-10(13)14-5-9(12)18(8)11/h3-6H,2H2,1H3,(H2,13,14). The first-order valence-corrected chi connectivity index (χ1v) is 6.30. The van der Waals surface area contributed by atoms with E-state index in [-0.39, 0.29) is 0 Å². The van der Waals surface area contributed by atoms with Gasteiger partial charge in [0.2, 0.25) is 0 Å². The molecule has 3 aromatic heterocycles. The van der Waals surface area contributed by atoms with Gasteiger partial charge in [-0.15, -0.1) is 0 Å². The average molecular weight is 307 g/mol. The summed E-state index contributed by atoms with van der Waals surface area (Å²) in [7, 11) is 0. The Bertz CT molecular complexity index is 713. The summed E-state index contributed by atoms with van der Waals surface area (Å²) in [6, 6.07) is 0. The van der Waals surface area contributed by atoms with E-state index in [1.165, 1.54) is 0 Å². The molecule has 18 heavy (non-hydrogen) atoms. The number of nitrogens with zero attached hydrogens (tertiary/aromatic N) is 5. The molecule has 0 fully saturated rings. The van der Waals surface area contributed by atoms with E-state index in [1.807, 2.05) is 28.4 Å². The molecule has 0 amide bonds. The van der Waals surface area contributed by atoms with Gasteiger partial charge in [0.25, 0.3) is 0 Å². The SMILES string of the molecule is CCn1cc(-c2cnc3c(N)ncc(Br)n23)cn1. The van der Waals surface area contributed by atoms with Gasteiger partial charge in [0.05, 0.1) is 24.3 Å². The van der Waals surface area contributed by atoms with Crippen molar-refractivity contribution in [3.63, 3.8) is 0 Å². The van der Waals surface area contributed by atoms with Gasteiger partial charge < -0.3 is 5.73 Å². The number of nitrogens with two attached hydrogens (primary N) is 1. The zero-order valence-corrected chi connectivity index (χ0v) is 11.3. The van der Waals surface area contributed by atoms with E-state index in [2.05, 4.69) is 31.0 Å². The average Bonchev–Trinajstić information content (AvgIpc) is 2.99. The van der Waals surface area contributed by atoms with Crippen LogP contribution < -0.4 is 5.73 Å². The van der Waals surface area contributed by atoms with Crippen molar-refractivity contribution in [1.82, 2.24) is 24.1 Å². The Hall–Kier alpha value is -1.89. The van der Waals surface area contributed by atoms with E-state index >= 15 is 0 Å². The van der Waals surface area contributed by atoms with Crippen molar-refractivity contribution in [2.45, 2.75) is 13.5 Å². The lowest BCUT2D eigenvalue weighted by Gasteiger charge is -2.03. The molecule has 3 rings (SSSR count). The number of hydrogen-bond donors (Lipinski definition) is 1. The lowest BCUT2D eigenvalue weighted by atomic mass is 10.3. The Morgan fingerprint density at radius 3 is 2.83 bits per heavy atom. The van der Waals surface area contributed by atoms with Crippen LogP contribution in [0.2, 0.25) is 0 Å². The Kier molecular flexibility index (Phi) is 2.55. The van der Waals surface area contributed by atoms with E-state index in [0.717, 1.165) is 22.4 Å². The molecule has 0 bridgehead atoms. The first-order chi connectivity index (χ1) is 8.70. The van der Waals surface area contributed by atoms with Gasteiger partial charge in [-0.2, -0.15) is 5.10 Å². The van der Waals surface area contributed by atoms with Crippen LogP contribution in [0.15, 0.2) is 29.4 Å². The van der Waals surface area contributed by atoms with E-state index in [1.54, 1.807) is 12.4 Å². The highest BCUT2D eigenvalue weighted by atomic mass is 79.9. The second-order valence-electron chi connectivity index (χ2n) is 3.85. The number of anilines is 1. The molecule has 3 aromatic rings. The lowest BCUT2D eigenvalue weighted by Crippen LogP contribution is -1.98. The van der Waals surface area contributed by atoms with Gasteiger partial charge in [-0.25, -0.2) is 9.97 Å². The zero-order valence-electron chi connectivity index (χ0n) is 9.71. The van der Waals surface area contributed by atoms with E-state index in [9.17, 15) is 0 Å². The summed E-state index contributed by atoms with van der Waals surface area (Å²) in [5.74, 6) is 0.410. The number of imidazole rings is 1. The fraction of sp³-hybridized carbons (Fsp3) is 0.182. The largest absolute Gasteiger partial charge is 0.381 e. The Morgan fingerprint density at radius 1 is 1.28 bits per heavy atom. The third kappa shape index (κ3) is 1.59. The molecule has 6 nitrogen and oxygen atoms in total. The minimum atomic E-state index is 0.410. The molecule has 2 N–H and O–H groups in total. The molecule has 0 aliphatic heterocycles. The highest BCUT2D eigenvalue weighted by Crippen LogP contribution is 2.25. The van der Waals surface area contributed by atoms with E-state index in [0.29, 0.717) is 11.5 Å². The summed E-state index contributed by atoms with van der Waals surface area (Å²) in [6.07, 6.45) is 7.23. The number of halogens is 1. The number of nitrogen functional groups attached to an aromatic ring is 1. The van der Waals surface area contributed by atoms with Crippen molar-refractivity contribution in [3.05, 3.63) is 29.4 Å². The van der Waals surface area contributed by atoms with Crippen LogP contribution in [-0.2, 0) is 6.54 Å². The molecular formula is C11H11BrN6. The van der Waals surface area contributed by atoms with Crippen molar-refractivity contribution in [2.75, 3.05) is 5.73 Å². The molecule has 0 aliphatic carbocycles. The van der Waals surface area contributed by atoms with Crippen molar-refractivity contribution in [1.29, 1.82) is 0 Å². The predicted molar refractivity (Wildman–Crippen MR) is 72.0 cm³/mol. The maximum Gasteiger partial charge on any atom is 0.181 e. The van der Waals surface area contributed by atoms with Gasteiger partial charge in [-0.3, -0.25) is 9.08 Å². The maximum absolute atomic E-state index is 5.81. The van der Waals surface area contributed by atoms with Crippen molar-refractivity contribution < 1.29 is 0 Å². The molecule has 0 spiro atoms. The number of fused-ring (bicyclic) bond motifs is 1. The van der Waals surface area contributed by atoms with Gasteiger partial charge in [-0.1, -0.05) is 0 Å². The second kappa shape index (κ2) is 4.09. The number of hydrogen-bond acceptors (Lipinski definition) is 4. The summed E-state index contributed by atoms with van der Waals surface area (Å²) >= 11 is 3.46. The van der Waals surface area contributed by atoms with Crippen LogP contribution in [-0.4, -0.2) is 24.1 Å². The lowest BCUT2D eigenvalue weighted by molar-refractivity contribution is 0.660. The topological polar surface area (TPSA) is 74.0 Å². The molecule has 92 valence electrons. The molecular weight excluding hydrogens is 296 g/mol. The van der Waals surface area contributed by atoms with Crippen molar-refractivity contribution in [3.8, 4) is 11.3 Å². The second-order valence-corrected chi connectivity index (χ2v) is 4.67. The number of aryl methyl sites for hydroxylation is 1. The summed E-state index contributed by atoms with van der Waals surface area (Å²) < 4.78 is 4.59. The van der Waals surface area contributed by atoms with Crippen LogP contribution in [0.25, 0.3) is 16.9 Å². The van der Waals surface area contributed by atoms with Crippen LogP contribution in [0.5, 0.6) is 0 Å². The molecule has 3 heterocycles. The monoisotopic (exact) mass is 306 g/mol. The van der Waals surface area contributed by atoms with Crippen LogP contribution in [0.3, 0.4) is 0 Å². The molecule has 0 saturated carbocycles. The van der Waals surface area contributed by atoms with E-state index < -0.39 is 0 Å². The molecule has 0 radical (unpaired) electrons. The third-order valence-electron chi connectivity index (χ3n) is 2.77. The first kappa shape index (κ1) is 11.2.